The highest BCUT2D eigenvalue weighted by Crippen LogP contribution is 2.19. The average molecular weight is 432 g/mol. The van der Waals surface area contributed by atoms with Crippen molar-refractivity contribution >= 4 is 23.2 Å². The van der Waals surface area contributed by atoms with Gasteiger partial charge >= 0.3 is 0 Å². The quantitative estimate of drug-likeness (QED) is 0.445. The van der Waals surface area contributed by atoms with Crippen LogP contribution >= 0.6 is 0 Å². The van der Waals surface area contributed by atoms with E-state index in [9.17, 15) is 9.59 Å². The molecule has 0 aliphatic rings. The molecular weight excluding hydrogens is 402 g/mol. The highest BCUT2D eigenvalue weighted by Gasteiger charge is 2.12. The number of nitrogens with one attached hydrogen (secondary N) is 3. The second-order valence-corrected chi connectivity index (χ2v) is 7.78. The van der Waals surface area contributed by atoms with E-state index in [4.69, 9.17) is 4.74 Å². The van der Waals surface area contributed by atoms with Crippen LogP contribution in [0.1, 0.15) is 42.7 Å². The zero-order valence-electron chi connectivity index (χ0n) is 18.6. The van der Waals surface area contributed by atoms with Gasteiger partial charge in [0.2, 0.25) is 5.91 Å². The lowest BCUT2D eigenvalue weighted by Crippen LogP contribution is -2.26. The smallest absolute Gasteiger partial charge is 0.251 e. The summed E-state index contributed by atoms with van der Waals surface area (Å²) in [6.45, 7) is 5.92. The van der Waals surface area contributed by atoms with E-state index in [-0.39, 0.29) is 30.5 Å². The third-order valence-corrected chi connectivity index (χ3v) is 4.71. The molecule has 0 saturated carbocycles. The average Bonchev–Trinajstić information content (AvgIpc) is 2.78. The Kier molecular flexibility index (Phi) is 7.86. The van der Waals surface area contributed by atoms with Gasteiger partial charge in [-0.05, 0) is 56.7 Å². The van der Waals surface area contributed by atoms with Crippen LogP contribution in [0.3, 0.4) is 0 Å². The van der Waals surface area contributed by atoms with Gasteiger partial charge < -0.3 is 20.7 Å². The number of hydrogen-bond donors (Lipinski definition) is 3. The molecule has 6 nitrogen and oxygen atoms in total. The Bertz CT molecular complexity index is 1050. The monoisotopic (exact) mass is 431 g/mol. The van der Waals surface area contributed by atoms with Crippen LogP contribution in [0.15, 0.2) is 78.9 Å². The first-order chi connectivity index (χ1) is 15.4. The maximum atomic E-state index is 12.6. The summed E-state index contributed by atoms with van der Waals surface area (Å²) in [6.07, 6.45) is 0.0581. The third kappa shape index (κ3) is 6.87. The van der Waals surface area contributed by atoms with Crippen molar-refractivity contribution in [2.45, 2.75) is 32.9 Å². The highest BCUT2D eigenvalue weighted by molar-refractivity contribution is 5.96. The molecule has 0 saturated heterocycles. The van der Waals surface area contributed by atoms with Crippen molar-refractivity contribution in [1.82, 2.24) is 5.32 Å². The van der Waals surface area contributed by atoms with E-state index >= 15 is 0 Å². The van der Waals surface area contributed by atoms with Crippen LogP contribution in [0.25, 0.3) is 0 Å². The molecule has 0 fully saturated rings. The van der Waals surface area contributed by atoms with Gasteiger partial charge in [-0.3, -0.25) is 9.59 Å². The minimum Gasteiger partial charge on any atom is -0.491 e. The lowest BCUT2D eigenvalue weighted by molar-refractivity contribution is -0.114. The molecule has 0 aliphatic carbocycles. The molecule has 1 atom stereocenters. The summed E-state index contributed by atoms with van der Waals surface area (Å²) in [5.41, 5.74) is 2.92. The number of amides is 2. The topological polar surface area (TPSA) is 79.5 Å². The van der Waals surface area contributed by atoms with E-state index in [1.54, 1.807) is 24.3 Å². The fourth-order valence-electron chi connectivity index (χ4n) is 3.18. The van der Waals surface area contributed by atoms with Crippen LogP contribution in [0.4, 0.5) is 11.4 Å². The summed E-state index contributed by atoms with van der Waals surface area (Å²) in [4.78, 5) is 25.0. The molecule has 1 unspecified atom stereocenters. The van der Waals surface area contributed by atoms with Crippen molar-refractivity contribution in [2.24, 2.45) is 0 Å². The molecular formula is C26H29N3O3. The minimum absolute atomic E-state index is 0.0581. The van der Waals surface area contributed by atoms with Gasteiger partial charge in [-0.2, -0.15) is 0 Å². The van der Waals surface area contributed by atoms with Gasteiger partial charge in [0.1, 0.15) is 5.75 Å². The molecule has 0 aromatic heterocycles. The number of carbonyl (C=O) groups excluding carboxylic acids is 2. The molecule has 3 aromatic rings. The molecule has 3 N–H and O–H groups in total. The number of carbonyl (C=O) groups is 2. The Labute approximate surface area is 189 Å². The molecule has 0 radical (unpaired) electrons. The second kappa shape index (κ2) is 11.0. The number of anilines is 2. The Morgan fingerprint density at radius 3 is 2.31 bits per heavy atom. The van der Waals surface area contributed by atoms with Crippen molar-refractivity contribution < 1.29 is 14.3 Å². The normalized spacial score (nSPS) is 11.5. The van der Waals surface area contributed by atoms with Crippen LogP contribution < -0.4 is 20.7 Å². The van der Waals surface area contributed by atoms with E-state index in [0.29, 0.717) is 22.7 Å². The van der Waals surface area contributed by atoms with Gasteiger partial charge in [0, 0.05) is 23.0 Å². The summed E-state index contributed by atoms with van der Waals surface area (Å²) in [5, 5.41) is 8.91. The SMILES string of the molecule is CC(C)Oc1cccc(NC(=O)CNc2cccc(C(=O)NC(C)c3ccccc3)c2)c1. The summed E-state index contributed by atoms with van der Waals surface area (Å²) < 4.78 is 5.65. The van der Waals surface area contributed by atoms with Crippen molar-refractivity contribution in [3.8, 4) is 5.75 Å². The van der Waals surface area contributed by atoms with Crippen molar-refractivity contribution in [1.29, 1.82) is 0 Å². The maximum Gasteiger partial charge on any atom is 0.251 e. The van der Waals surface area contributed by atoms with Crippen LogP contribution in [-0.2, 0) is 4.79 Å². The predicted molar refractivity (Wildman–Crippen MR) is 128 cm³/mol. The molecule has 2 amide bonds. The van der Waals surface area contributed by atoms with Crippen LogP contribution in [0, 0.1) is 0 Å². The minimum atomic E-state index is -0.195. The van der Waals surface area contributed by atoms with Crippen LogP contribution in [-0.4, -0.2) is 24.5 Å². The van der Waals surface area contributed by atoms with Gasteiger partial charge in [0.25, 0.3) is 5.91 Å². The molecule has 3 aromatic carbocycles. The Morgan fingerprint density at radius 2 is 1.56 bits per heavy atom. The molecule has 3 rings (SSSR count). The van der Waals surface area contributed by atoms with Gasteiger partial charge in [-0.1, -0.05) is 42.5 Å². The van der Waals surface area contributed by atoms with E-state index in [0.717, 1.165) is 5.56 Å². The Morgan fingerprint density at radius 1 is 0.844 bits per heavy atom. The number of rotatable bonds is 9. The Balaban J connectivity index is 1.54. The molecule has 0 aliphatic heterocycles. The summed E-state index contributed by atoms with van der Waals surface area (Å²) in [7, 11) is 0. The molecule has 0 spiro atoms. The van der Waals surface area contributed by atoms with Gasteiger partial charge in [-0.25, -0.2) is 0 Å². The first-order valence-electron chi connectivity index (χ1n) is 10.7. The van der Waals surface area contributed by atoms with Crippen molar-refractivity contribution in [3.63, 3.8) is 0 Å². The lowest BCUT2D eigenvalue weighted by Gasteiger charge is -2.15. The predicted octanol–water partition coefficient (Wildman–Crippen LogP) is 5.02. The summed E-state index contributed by atoms with van der Waals surface area (Å²) >= 11 is 0. The standard InChI is InChI=1S/C26H29N3O3/c1-18(2)32-24-14-8-13-23(16-24)29-25(30)17-27-22-12-7-11-21(15-22)26(31)28-19(3)20-9-5-4-6-10-20/h4-16,18-19,27H,17H2,1-3H3,(H,28,31)(H,29,30). The maximum absolute atomic E-state index is 12.6. The van der Waals surface area contributed by atoms with Gasteiger partial charge in [0.15, 0.2) is 0 Å². The zero-order valence-corrected chi connectivity index (χ0v) is 18.6. The third-order valence-electron chi connectivity index (χ3n) is 4.71. The number of hydrogen-bond acceptors (Lipinski definition) is 4. The zero-order chi connectivity index (χ0) is 22.9. The fraction of sp³-hybridized carbons (Fsp3) is 0.231. The molecule has 0 bridgehead atoms. The molecule has 6 heteroatoms. The molecule has 32 heavy (non-hydrogen) atoms. The van der Waals surface area contributed by atoms with Gasteiger partial charge in [-0.15, -0.1) is 0 Å². The second-order valence-electron chi connectivity index (χ2n) is 7.78. The number of benzene rings is 3. The largest absolute Gasteiger partial charge is 0.491 e. The Hall–Kier alpha value is -3.80. The highest BCUT2D eigenvalue weighted by atomic mass is 16.5. The number of ether oxygens (including phenoxy) is 1. The molecule has 166 valence electrons. The fourth-order valence-corrected chi connectivity index (χ4v) is 3.18. The van der Waals surface area contributed by atoms with E-state index in [1.807, 2.05) is 75.4 Å². The van der Waals surface area contributed by atoms with E-state index in [2.05, 4.69) is 16.0 Å². The molecule has 0 heterocycles. The summed E-state index contributed by atoms with van der Waals surface area (Å²) in [6, 6.07) is 24.1. The van der Waals surface area contributed by atoms with Crippen molar-refractivity contribution in [3.05, 3.63) is 90.0 Å². The van der Waals surface area contributed by atoms with E-state index in [1.165, 1.54) is 0 Å². The van der Waals surface area contributed by atoms with Crippen LogP contribution in [0.2, 0.25) is 0 Å². The lowest BCUT2D eigenvalue weighted by atomic mass is 10.1. The van der Waals surface area contributed by atoms with E-state index < -0.39 is 0 Å². The first-order valence-corrected chi connectivity index (χ1v) is 10.7. The van der Waals surface area contributed by atoms with Crippen molar-refractivity contribution in [2.75, 3.05) is 17.2 Å². The summed E-state index contributed by atoms with van der Waals surface area (Å²) in [5.74, 6) is 0.338. The van der Waals surface area contributed by atoms with Crippen LogP contribution in [0.5, 0.6) is 5.75 Å². The van der Waals surface area contributed by atoms with Gasteiger partial charge in [0.05, 0.1) is 18.7 Å². The first kappa shape index (κ1) is 22.9.